The second-order valence-electron chi connectivity index (χ2n) is 5.83. The van der Waals surface area contributed by atoms with Gasteiger partial charge in [-0.2, -0.15) is 0 Å². The average molecular weight is 309 g/mol. The van der Waals surface area contributed by atoms with Gasteiger partial charge in [0.15, 0.2) is 0 Å². The number of amides is 1. The molecule has 0 atom stereocenters. The van der Waals surface area contributed by atoms with Gasteiger partial charge >= 0.3 is 0 Å². The van der Waals surface area contributed by atoms with E-state index >= 15 is 0 Å². The number of anilines is 1. The van der Waals surface area contributed by atoms with E-state index in [1.807, 2.05) is 19.1 Å². The number of nitrogens with zero attached hydrogens (tertiary/aromatic N) is 2. The summed E-state index contributed by atoms with van der Waals surface area (Å²) in [5.41, 5.74) is 2.11. The first-order chi connectivity index (χ1) is 11.1. The standard InChI is InChI=1S/C18H19N3O2/c1-12(2)11-23-16-7-5-15(6-8-16)21-18(22)14-9-19-17(20-10-14)13-3-4-13/h5-10,13H,1,3-4,11H2,2H3,(H,21,22). The van der Waals surface area contributed by atoms with Crippen molar-refractivity contribution in [1.82, 2.24) is 9.97 Å². The quantitative estimate of drug-likeness (QED) is 0.829. The summed E-state index contributed by atoms with van der Waals surface area (Å²) in [5, 5.41) is 2.82. The first-order valence-corrected chi connectivity index (χ1v) is 7.62. The van der Waals surface area contributed by atoms with Crippen LogP contribution in [0.1, 0.15) is 41.9 Å². The van der Waals surface area contributed by atoms with Crippen molar-refractivity contribution in [2.24, 2.45) is 0 Å². The summed E-state index contributed by atoms with van der Waals surface area (Å²) in [7, 11) is 0. The van der Waals surface area contributed by atoms with Crippen LogP contribution in [-0.2, 0) is 0 Å². The molecule has 3 rings (SSSR count). The summed E-state index contributed by atoms with van der Waals surface area (Å²) < 4.78 is 5.52. The van der Waals surface area contributed by atoms with Crippen molar-refractivity contribution in [2.45, 2.75) is 25.7 Å². The number of ether oxygens (including phenoxy) is 1. The van der Waals surface area contributed by atoms with E-state index in [-0.39, 0.29) is 5.91 Å². The fraction of sp³-hybridized carbons (Fsp3) is 0.278. The molecule has 0 aliphatic heterocycles. The lowest BCUT2D eigenvalue weighted by molar-refractivity contribution is 0.102. The number of hydrogen-bond donors (Lipinski definition) is 1. The predicted molar refractivity (Wildman–Crippen MR) is 88.7 cm³/mol. The third-order valence-electron chi connectivity index (χ3n) is 3.47. The largest absolute Gasteiger partial charge is 0.489 e. The van der Waals surface area contributed by atoms with E-state index in [2.05, 4.69) is 21.9 Å². The van der Waals surface area contributed by atoms with Crippen LogP contribution >= 0.6 is 0 Å². The minimum absolute atomic E-state index is 0.219. The predicted octanol–water partition coefficient (Wildman–Crippen LogP) is 3.56. The molecule has 23 heavy (non-hydrogen) atoms. The zero-order chi connectivity index (χ0) is 16.2. The first kappa shape index (κ1) is 15.2. The van der Waals surface area contributed by atoms with Gasteiger partial charge in [-0.3, -0.25) is 4.79 Å². The van der Waals surface area contributed by atoms with Crippen molar-refractivity contribution >= 4 is 11.6 Å². The fourth-order valence-corrected chi connectivity index (χ4v) is 2.05. The van der Waals surface area contributed by atoms with E-state index in [4.69, 9.17) is 4.74 Å². The molecule has 1 heterocycles. The molecular weight excluding hydrogens is 290 g/mol. The van der Waals surface area contributed by atoms with Gasteiger partial charge in [0, 0.05) is 24.0 Å². The molecule has 5 nitrogen and oxygen atoms in total. The van der Waals surface area contributed by atoms with Gasteiger partial charge in [-0.1, -0.05) is 6.58 Å². The van der Waals surface area contributed by atoms with Crippen molar-refractivity contribution in [1.29, 1.82) is 0 Å². The van der Waals surface area contributed by atoms with Gasteiger partial charge in [0.05, 0.1) is 5.56 Å². The molecule has 1 saturated carbocycles. The van der Waals surface area contributed by atoms with Crippen LogP contribution in [0.3, 0.4) is 0 Å². The molecule has 1 amide bonds. The van der Waals surface area contributed by atoms with Gasteiger partial charge in [0.25, 0.3) is 5.91 Å². The Bertz CT molecular complexity index is 704. The highest BCUT2D eigenvalue weighted by atomic mass is 16.5. The number of rotatable bonds is 6. The van der Waals surface area contributed by atoms with Gasteiger partial charge in [-0.15, -0.1) is 0 Å². The first-order valence-electron chi connectivity index (χ1n) is 7.62. The number of hydrogen-bond acceptors (Lipinski definition) is 4. The lowest BCUT2D eigenvalue weighted by Gasteiger charge is -2.08. The molecule has 1 aromatic heterocycles. The summed E-state index contributed by atoms with van der Waals surface area (Å²) in [6.45, 7) is 6.18. The van der Waals surface area contributed by atoms with Gasteiger partial charge < -0.3 is 10.1 Å². The van der Waals surface area contributed by atoms with E-state index in [9.17, 15) is 4.79 Å². The minimum atomic E-state index is -0.219. The summed E-state index contributed by atoms with van der Waals surface area (Å²) >= 11 is 0. The molecule has 0 radical (unpaired) electrons. The Hall–Kier alpha value is -2.69. The highest BCUT2D eigenvalue weighted by Gasteiger charge is 2.26. The number of carbonyl (C=O) groups is 1. The Morgan fingerprint density at radius 1 is 1.26 bits per heavy atom. The fourth-order valence-electron chi connectivity index (χ4n) is 2.05. The van der Waals surface area contributed by atoms with Crippen molar-refractivity contribution in [3.8, 4) is 5.75 Å². The molecule has 0 saturated heterocycles. The third-order valence-corrected chi connectivity index (χ3v) is 3.47. The monoisotopic (exact) mass is 309 g/mol. The molecule has 1 aliphatic rings. The molecule has 118 valence electrons. The molecule has 1 fully saturated rings. The molecule has 0 bridgehead atoms. The second-order valence-corrected chi connectivity index (χ2v) is 5.83. The molecule has 1 aliphatic carbocycles. The van der Waals surface area contributed by atoms with Crippen LogP contribution in [-0.4, -0.2) is 22.5 Å². The van der Waals surface area contributed by atoms with E-state index < -0.39 is 0 Å². The normalized spacial score (nSPS) is 13.4. The van der Waals surface area contributed by atoms with Gasteiger partial charge in [-0.05, 0) is 49.6 Å². The molecule has 0 spiro atoms. The summed E-state index contributed by atoms with van der Waals surface area (Å²) in [5.74, 6) is 1.84. The highest BCUT2D eigenvalue weighted by molar-refractivity contribution is 6.03. The Morgan fingerprint density at radius 3 is 2.48 bits per heavy atom. The van der Waals surface area contributed by atoms with E-state index in [0.29, 0.717) is 23.8 Å². The Morgan fingerprint density at radius 2 is 1.91 bits per heavy atom. The second kappa shape index (κ2) is 6.60. The van der Waals surface area contributed by atoms with Crippen LogP contribution in [0.2, 0.25) is 0 Å². The number of carbonyl (C=O) groups excluding carboxylic acids is 1. The summed E-state index contributed by atoms with van der Waals surface area (Å²) in [4.78, 5) is 20.7. The van der Waals surface area contributed by atoms with E-state index in [0.717, 1.165) is 30.0 Å². The van der Waals surface area contributed by atoms with E-state index in [1.165, 1.54) is 0 Å². The highest BCUT2D eigenvalue weighted by Crippen LogP contribution is 2.37. The Labute approximate surface area is 135 Å². The molecule has 0 unspecified atom stereocenters. The van der Waals surface area contributed by atoms with Crippen LogP contribution in [0.15, 0.2) is 48.8 Å². The lowest BCUT2D eigenvalue weighted by atomic mass is 10.2. The zero-order valence-corrected chi connectivity index (χ0v) is 13.1. The van der Waals surface area contributed by atoms with Gasteiger partial charge in [-0.25, -0.2) is 9.97 Å². The number of benzene rings is 1. The van der Waals surface area contributed by atoms with Gasteiger partial charge in [0.2, 0.25) is 0 Å². The Balaban J connectivity index is 1.59. The Kier molecular flexibility index (Phi) is 4.37. The maximum atomic E-state index is 12.2. The molecule has 1 aromatic carbocycles. The maximum Gasteiger partial charge on any atom is 0.258 e. The van der Waals surface area contributed by atoms with Crippen molar-refractivity contribution < 1.29 is 9.53 Å². The molecule has 2 aromatic rings. The average Bonchev–Trinajstić information content (AvgIpc) is 3.39. The number of nitrogens with one attached hydrogen (secondary N) is 1. The molecule has 5 heteroatoms. The van der Waals surface area contributed by atoms with Crippen LogP contribution in [0.5, 0.6) is 5.75 Å². The van der Waals surface area contributed by atoms with E-state index in [1.54, 1.807) is 24.5 Å². The third kappa shape index (κ3) is 4.16. The van der Waals surface area contributed by atoms with Crippen LogP contribution in [0.25, 0.3) is 0 Å². The van der Waals surface area contributed by atoms with Crippen LogP contribution in [0.4, 0.5) is 5.69 Å². The lowest BCUT2D eigenvalue weighted by Crippen LogP contribution is -2.13. The summed E-state index contributed by atoms with van der Waals surface area (Å²) in [6, 6.07) is 7.21. The minimum Gasteiger partial charge on any atom is -0.489 e. The smallest absolute Gasteiger partial charge is 0.258 e. The molecule has 1 N–H and O–H groups in total. The van der Waals surface area contributed by atoms with Crippen LogP contribution in [0, 0.1) is 0 Å². The van der Waals surface area contributed by atoms with Crippen LogP contribution < -0.4 is 10.1 Å². The number of aromatic nitrogens is 2. The topological polar surface area (TPSA) is 64.1 Å². The zero-order valence-electron chi connectivity index (χ0n) is 13.1. The SMILES string of the molecule is C=C(C)COc1ccc(NC(=O)c2cnc(C3CC3)nc2)cc1. The van der Waals surface area contributed by atoms with Crippen molar-refractivity contribution in [2.75, 3.05) is 11.9 Å². The van der Waals surface area contributed by atoms with Crippen molar-refractivity contribution in [3.05, 3.63) is 60.2 Å². The summed E-state index contributed by atoms with van der Waals surface area (Å²) in [6.07, 6.45) is 5.46. The molecular formula is C18H19N3O2. The van der Waals surface area contributed by atoms with Crippen molar-refractivity contribution in [3.63, 3.8) is 0 Å². The maximum absolute atomic E-state index is 12.2. The van der Waals surface area contributed by atoms with Gasteiger partial charge in [0.1, 0.15) is 18.2 Å².